The van der Waals surface area contributed by atoms with E-state index in [0.717, 1.165) is 39.0 Å². The normalized spacial score (nSPS) is 23.0. The fraction of sp³-hybridized carbons (Fsp3) is 0.667. The van der Waals surface area contributed by atoms with Crippen molar-refractivity contribution in [1.29, 1.82) is 0 Å². The molecule has 2 saturated heterocycles. The first-order valence-corrected chi connectivity index (χ1v) is 9.88. The molecule has 1 amide bonds. The van der Waals surface area contributed by atoms with Gasteiger partial charge in [-0.2, -0.15) is 0 Å². The van der Waals surface area contributed by atoms with E-state index in [1.54, 1.807) is 0 Å². The van der Waals surface area contributed by atoms with Crippen LogP contribution in [-0.4, -0.2) is 48.4 Å². The average molecular weight is 329 g/mol. The summed E-state index contributed by atoms with van der Waals surface area (Å²) in [6.07, 6.45) is 9.56. The Morgan fingerprint density at radius 1 is 0.958 bits per heavy atom. The maximum atomic E-state index is 12.8. The van der Waals surface area contributed by atoms with Gasteiger partial charge >= 0.3 is 0 Å². The van der Waals surface area contributed by atoms with Crippen molar-refractivity contribution in [3.05, 3.63) is 35.9 Å². The second-order valence-electron chi connectivity index (χ2n) is 7.47. The number of amides is 1. The molecule has 0 bridgehead atoms. The molecule has 1 aromatic rings. The van der Waals surface area contributed by atoms with Gasteiger partial charge in [0.1, 0.15) is 0 Å². The highest BCUT2D eigenvalue weighted by atomic mass is 16.2. The molecule has 1 atom stereocenters. The minimum absolute atomic E-state index is 0.244. The second-order valence-corrected chi connectivity index (χ2v) is 7.47. The van der Waals surface area contributed by atoms with Crippen molar-refractivity contribution >= 4 is 5.91 Å². The van der Waals surface area contributed by atoms with Gasteiger partial charge in [-0.15, -0.1) is 0 Å². The lowest BCUT2D eigenvalue weighted by Gasteiger charge is -2.34. The molecule has 2 aliphatic heterocycles. The van der Waals surface area contributed by atoms with Crippen LogP contribution in [0.5, 0.6) is 0 Å². The Morgan fingerprint density at radius 2 is 1.71 bits per heavy atom. The predicted molar refractivity (Wildman–Crippen MR) is 99.0 cm³/mol. The number of hydrogen-bond donors (Lipinski definition) is 0. The van der Waals surface area contributed by atoms with E-state index in [1.165, 1.54) is 50.6 Å². The first-order valence-electron chi connectivity index (χ1n) is 9.88. The van der Waals surface area contributed by atoms with Crippen molar-refractivity contribution < 1.29 is 4.79 Å². The Kier molecular flexibility index (Phi) is 6.71. The van der Waals surface area contributed by atoms with Crippen molar-refractivity contribution in [3.8, 4) is 0 Å². The highest BCUT2D eigenvalue weighted by Crippen LogP contribution is 2.21. The minimum Gasteiger partial charge on any atom is -0.342 e. The third-order valence-corrected chi connectivity index (χ3v) is 5.56. The van der Waals surface area contributed by atoms with Crippen LogP contribution in [0.1, 0.15) is 50.5 Å². The summed E-state index contributed by atoms with van der Waals surface area (Å²) in [6.45, 7) is 5.24. The lowest BCUT2D eigenvalue weighted by molar-refractivity contribution is -0.137. The molecule has 0 spiro atoms. The molecule has 2 aliphatic rings. The number of rotatable bonds is 5. The largest absolute Gasteiger partial charge is 0.342 e. The third-order valence-electron chi connectivity index (χ3n) is 5.56. The van der Waals surface area contributed by atoms with Crippen LogP contribution >= 0.6 is 0 Å². The van der Waals surface area contributed by atoms with E-state index in [0.29, 0.717) is 5.91 Å². The highest BCUT2D eigenvalue weighted by molar-refractivity contribution is 5.79. The standard InChI is InChI=1S/C21H32N2O/c24-21(23-16-6-1-2-7-17-23)20-13-9-15-22(18-20)14-8-12-19-10-4-3-5-11-19/h3-5,10-11,20H,1-2,6-9,12-18H2/t20-/m1/s1. The van der Waals surface area contributed by atoms with Crippen molar-refractivity contribution in [3.63, 3.8) is 0 Å². The molecule has 0 radical (unpaired) electrons. The van der Waals surface area contributed by atoms with Gasteiger partial charge in [0.25, 0.3) is 0 Å². The summed E-state index contributed by atoms with van der Waals surface area (Å²) in [5, 5.41) is 0. The van der Waals surface area contributed by atoms with Crippen LogP contribution in [0.2, 0.25) is 0 Å². The number of piperidine rings is 1. The molecule has 3 rings (SSSR count). The Hall–Kier alpha value is -1.35. The monoisotopic (exact) mass is 328 g/mol. The van der Waals surface area contributed by atoms with Gasteiger partial charge < -0.3 is 9.80 Å². The average Bonchev–Trinajstić information content (AvgIpc) is 2.92. The second kappa shape index (κ2) is 9.22. The first kappa shape index (κ1) is 17.5. The summed E-state index contributed by atoms with van der Waals surface area (Å²) in [5.41, 5.74) is 1.42. The number of likely N-dealkylation sites (tertiary alicyclic amines) is 2. The van der Waals surface area contributed by atoms with E-state index < -0.39 is 0 Å². The van der Waals surface area contributed by atoms with Crippen LogP contribution in [0.15, 0.2) is 30.3 Å². The summed E-state index contributed by atoms with van der Waals surface area (Å²) >= 11 is 0. The number of nitrogens with zero attached hydrogens (tertiary/aromatic N) is 2. The zero-order valence-corrected chi connectivity index (χ0v) is 15.0. The Morgan fingerprint density at radius 3 is 2.46 bits per heavy atom. The Balaban J connectivity index is 1.44. The van der Waals surface area contributed by atoms with E-state index in [9.17, 15) is 4.79 Å². The van der Waals surface area contributed by atoms with Crippen molar-refractivity contribution in [2.75, 3.05) is 32.7 Å². The maximum Gasteiger partial charge on any atom is 0.226 e. The molecule has 24 heavy (non-hydrogen) atoms. The van der Waals surface area contributed by atoms with Crippen molar-refractivity contribution in [2.45, 2.75) is 51.4 Å². The molecule has 3 nitrogen and oxygen atoms in total. The number of aryl methyl sites for hydroxylation is 1. The summed E-state index contributed by atoms with van der Waals surface area (Å²) in [4.78, 5) is 17.5. The molecular weight excluding hydrogens is 296 g/mol. The van der Waals surface area contributed by atoms with Crippen LogP contribution in [-0.2, 0) is 11.2 Å². The number of hydrogen-bond acceptors (Lipinski definition) is 2. The molecule has 0 saturated carbocycles. The number of carbonyl (C=O) groups is 1. The van der Waals surface area contributed by atoms with Crippen molar-refractivity contribution in [2.24, 2.45) is 5.92 Å². The zero-order chi connectivity index (χ0) is 16.6. The molecule has 0 aliphatic carbocycles. The van der Waals surface area contributed by atoms with Crippen LogP contribution < -0.4 is 0 Å². The Labute approximate surface area is 147 Å². The first-order chi connectivity index (χ1) is 11.8. The zero-order valence-electron chi connectivity index (χ0n) is 15.0. The van der Waals surface area contributed by atoms with Crippen LogP contribution in [0.25, 0.3) is 0 Å². The Bertz CT molecular complexity index is 494. The topological polar surface area (TPSA) is 23.6 Å². The van der Waals surface area contributed by atoms with E-state index in [-0.39, 0.29) is 5.92 Å². The molecule has 0 N–H and O–H groups in total. The molecule has 1 aromatic carbocycles. The molecular formula is C21H32N2O. The van der Waals surface area contributed by atoms with Gasteiger partial charge in [-0.05, 0) is 57.2 Å². The van der Waals surface area contributed by atoms with Crippen LogP contribution in [0.4, 0.5) is 0 Å². The summed E-state index contributed by atoms with van der Waals surface area (Å²) in [7, 11) is 0. The van der Waals surface area contributed by atoms with Gasteiger partial charge in [-0.3, -0.25) is 4.79 Å². The van der Waals surface area contributed by atoms with Gasteiger partial charge in [0.2, 0.25) is 5.91 Å². The van der Waals surface area contributed by atoms with E-state index in [4.69, 9.17) is 0 Å². The quantitative estimate of drug-likeness (QED) is 0.822. The van der Waals surface area contributed by atoms with Crippen LogP contribution in [0.3, 0.4) is 0 Å². The summed E-state index contributed by atoms with van der Waals surface area (Å²) in [5.74, 6) is 0.679. The minimum atomic E-state index is 0.244. The van der Waals surface area contributed by atoms with Gasteiger partial charge in [0, 0.05) is 19.6 Å². The summed E-state index contributed by atoms with van der Waals surface area (Å²) < 4.78 is 0. The van der Waals surface area contributed by atoms with Gasteiger partial charge in [-0.1, -0.05) is 43.2 Å². The predicted octanol–water partition coefficient (Wildman–Crippen LogP) is 3.73. The third kappa shape index (κ3) is 5.07. The lowest BCUT2D eigenvalue weighted by atomic mass is 9.96. The van der Waals surface area contributed by atoms with Gasteiger partial charge in [-0.25, -0.2) is 0 Å². The molecule has 0 unspecified atom stereocenters. The van der Waals surface area contributed by atoms with E-state index in [2.05, 4.69) is 40.1 Å². The van der Waals surface area contributed by atoms with Gasteiger partial charge in [0.15, 0.2) is 0 Å². The fourth-order valence-electron chi connectivity index (χ4n) is 4.16. The fourth-order valence-corrected chi connectivity index (χ4v) is 4.16. The molecule has 2 fully saturated rings. The maximum absolute atomic E-state index is 12.8. The van der Waals surface area contributed by atoms with Crippen molar-refractivity contribution in [1.82, 2.24) is 9.80 Å². The lowest BCUT2D eigenvalue weighted by Crippen LogP contribution is -2.45. The molecule has 3 heteroatoms. The highest BCUT2D eigenvalue weighted by Gasteiger charge is 2.29. The van der Waals surface area contributed by atoms with E-state index >= 15 is 0 Å². The number of carbonyl (C=O) groups excluding carboxylic acids is 1. The molecule has 132 valence electrons. The summed E-state index contributed by atoms with van der Waals surface area (Å²) in [6, 6.07) is 10.7. The number of benzene rings is 1. The smallest absolute Gasteiger partial charge is 0.226 e. The molecule has 0 aromatic heterocycles. The van der Waals surface area contributed by atoms with Crippen LogP contribution in [0, 0.1) is 5.92 Å². The van der Waals surface area contributed by atoms with Gasteiger partial charge in [0.05, 0.1) is 5.92 Å². The van der Waals surface area contributed by atoms with E-state index in [1.807, 2.05) is 0 Å². The SMILES string of the molecule is O=C([C@@H]1CCCN(CCCc2ccccc2)C1)N1CCCCCC1. The molecule has 2 heterocycles.